The molecule has 0 atom stereocenters. The maximum Gasteiger partial charge on any atom is 0.311 e. The summed E-state index contributed by atoms with van der Waals surface area (Å²) in [5.74, 6) is 0.158. The van der Waals surface area contributed by atoms with Gasteiger partial charge in [-0.15, -0.1) is 0 Å². The lowest BCUT2D eigenvalue weighted by Crippen LogP contribution is -2.02. The van der Waals surface area contributed by atoms with Gasteiger partial charge >= 0.3 is 5.69 Å². The van der Waals surface area contributed by atoms with Crippen molar-refractivity contribution in [3.63, 3.8) is 0 Å². The van der Waals surface area contributed by atoms with Crippen molar-refractivity contribution in [2.24, 2.45) is 0 Å². The Kier molecular flexibility index (Phi) is 3.28. The number of hydrogen-bond acceptors (Lipinski definition) is 8. The van der Waals surface area contributed by atoms with Gasteiger partial charge in [-0.1, -0.05) is 11.6 Å². The number of halogens is 1. The zero-order valence-corrected chi connectivity index (χ0v) is 11.9. The lowest BCUT2D eigenvalue weighted by Gasteiger charge is -2.08. The lowest BCUT2D eigenvalue weighted by molar-refractivity contribution is -0.384. The third kappa shape index (κ3) is 2.43. The molecule has 0 saturated heterocycles. The third-order valence-corrected chi connectivity index (χ3v) is 3.59. The highest BCUT2D eigenvalue weighted by Crippen LogP contribution is 2.32. The molecule has 3 N–H and O–H groups in total. The SMILES string of the molecule is Nc1nc(Nc2c(Cl)ccc3nsnc23)ccc1[N+](=O)[O-]. The van der Waals surface area contributed by atoms with Gasteiger partial charge in [-0.25, -0.2) is 4.98 Å². The lowest BCUT2D eigenvalue weighted by atomic mass is 10.2. The van der Waals surface area contributed by atoms with E-state index >= 15 is 0 Å². The van der Waals surface area contributed by atoms with Crippen LogP contribution >= 0.6 is 23.3 Å². The molecule has 0 bridgehead atoms. The first-order chi connectivity index (χ1) is 10.1. The fourth-order valence-corrected chi connectivity index (χ4v) is 2.51. The number of pyridine rings is 1. The van der Waals surface area contributed by atoms with Crippen LogP contribution in [0.5, 0.6) is 0 Å². The minimum absolute atomic E-state index is 0.176. The van der Waals surface area contributed by atoms with E-state index in [0.29, 0.717) is 27.6 Å². The Labute approximate surface area is 127 Å². The summed E-state index contributed by atoms with van der Waals surface area (Å²) in [5.41, 5.74) is 7.14. The molecule has 2 heterocycles. The monoisotopic (exact) mass is 322 g/mol. The van der Waals surface area contributed by atoms with Gasteiger partial charge in [0.05, 0.1) is 27.4 Å². The van der Waals surface area contributed by atoms with E-state index in [1.165, 1.54) is 12.1 Å². The van der Waals surface area contributed by atoms with Gasteiger partial charge < -0.3 is 11.1 Å². The number of hydrogen-bond donors (Lipinski definition) is 2. The van der Waals surface area contributed by atoms with E-state index in [1.807, 2.05) is 0 Å². The topological polar surface area (TPSA) is 120 Å². The predicted octanol–water partition coefficient (Wildman–Crippen LogP) is 2.97. The molecule has 2 aromatic heterocycles. The second-order valence-corrected chi connectivity index (χ2v) is 4.97. The highest BCUT2D eigenvalue weighted by Gasteiger charge is 2.15. The number of nitrogen functional groups attached to an aromatic ring is 1. The number of rotatable bonds is 3. The summed E-state index contributed by atoms with van der Waals surface area (Å²) in [6.45, 7) is 0. The van der Waals surface area contributed by atoms with Crippen molar-refractivity contribution < 1.29 is 4.92 Å². The van der Waals surface area contributed by atoms with Gasteiger partial charge in [-0.2, -0.15) is 8.75 Å². The van der Waals surface area contributed by atoms with Gasteiger partial charge in [-0.3, -0.25) is 10.1 Å². The van der Waals surface area contributed by atoms with Crippen LogP contribution in [0.25, 0.3) is 11.0 Å². The maximum atomic E-state index is 10.7. The second kappa shape index (κ2) is 5.11. The van der Waals surface area contributed by atoms with Crippen LogP contribution in [0.3, 0.4) is 0 Å². The average molecular weight is 323 g/mol. The summed E-state index contributed by atoms with van der Waals surface area (Å²) in [4.78, 5) is 14.1. The number of nitrogens with two attached hydrogens (primary N) is 1. The Hall–Kier alpha value is -2.52. The number of nitrogens with one attached hydrogen (secondary N) is 1. The standard InChI is InChI=1S/C11H7ClN6O2S/c12-5-1-2-6-10(17-21-16-6)9(5)14-8-4-3-7(18(19)20)11(13)15-8/h1-4H,(H3,13,14,15). The predicted molar refractivity (Wildman–Crippen MR) is 81.0 cm³/mol. The van der Waals surface area contributed by atoms with Crippen molar-refractivity contribution in [3.05, 3.63) is 39.4 Å². The summed E-state index contributed by atoms with van der Waals surface area (Å²) < 4.78 is 8.27. The fraction of sp³-hybridized carbons (Fsp3) is 0. The summed E-state index contributed by atoms with van der Waals surface area (Å²) in [5, 5.41) is 14.1. The van der Waals surface area contributed by atoms with E-state index < -0.39 is 4.92 Å². The Morgan fingerprint density at radius 3 is 2.81 bits per heavy atom. The van der Waals surface area contributed by atoms with Crippen molar-refractivity contribution in [2.45, 2.75) is 0 Å². The molecule has 0 amide bonds. The highest BCUT2D eigenvalue weighted by molar-refractivity contribution is 7.00. The number of fused-ring (bicyclic) bond motifs is 1. The van der Waals surface area contributed by atoms with E-state index in [2.05, 4.69) is 19.0 Å². The van der Waals surface area contributed by atoms with Gasteiger partial charge in [-0.05, 0) is 18.2 Å². The minimum atomic E-state index is -0.593. The number of aromatic nitrogens is 3. The van der Waals surface area contributed by atoms with Crippen LogP contribution in [0.15, 0.2) is 24.3 Å². The molecule has 106 valence electrons. The second-order valence-electron chi connectivity index (χ2n) is 4.04. The molecule has 0 fully saturated rings. The van der Waals surface area contributed by atoms with E-state index in [-0.39, 0.29) is 11.5 Å². The molecule has 0 spiro atoms. The molecule has 3 aromatic rings. The summed E-state index contributed by atoms with van der Waals surface area (Å²) >= 11 is 7.20. The fourth-order valence-electron chi connectivity index (χ4n) is 1.77. The van der Waals surface area contributed by atoms with Gasteiger partial charge in [0.1, 0.15) is 16.9 Å². The molecular formula is C11H7ClN6O2S. The molecule has 3 rings (SSSR count). The van der Waals surface area contributed by atoms with Crippen molar-refractivity contribution in [1.29, 1.82) is 0 Å². The first-order valence-corrected chi connectivity index (χ1v) is 6.76. The van der Waals surface area contributed by atoms with E-state index in [1.54, 1.807) is 12.1 Å². The molecular weight excluding hydrogens is 316 g/mol. The normalized spacial score (nSPS) is 10.7. The van der Waals surface area contributed by atoms with Crippen LogP contribution in [-0.2, 0) is 0 Å². The first kappa shape index (κ1) is 13.5. The molecule has 0 aliphatic rings. The Morgan fingerprint density at radius 2 is 2.10 bits per heavy atom. The largest absolute Gasteiger partial charge is 0.378 e. The smallest absolute Gasteiger partial charge is 0.311 e. The van der Waals surface area contributed by atoms with Gasteiger partial charge in [0.25, 0.3) is 0 Å². The van der Waals surface area contributed by atoms with Gasteiger partial charge in [0.2, 0.25) is 5.82 Å². The Bertz CT molecular complexity index is 852. The molecule has 0 radical (unpaired) electrons. The van der Waals surface area contributed by atoms with Crippen LogP contribution < -0.4 is 11.1 Å². The van der Waals surface area contributed by atoms with E-state index in [9.17, 15) is 10.1 Å². The van der Waals surface area contributed by atoms with Gasteiger partial charge in [0.15, 0.2) is 0 Å². The van der Waals surface area contributed by atoms with Crippen molar-refractivity contribution >= 4 is 57.4 Å². The van der Waals surface area contributed by atoms with E-state index in [0.717, 1.165) is 11.7 Å². The Balaban J connectivity index is 2.03. The summed E-state index contributed by atoms with van der Waals surface area (Å²) in [6, 6.07) is 6.16. The summed E-state index contributed by atoms with van der Waals surface area (Å²) in [6.07, 6.45) is 0. The third-order valence-electron chi connectivity index (χ3n) is 2.73. The van der Waals surface area contributed by atoms with Crippen LogP contribution in [-0.4, -0.2) is 18.7 Å². The van der Waals surface area contributed by atoms with Crippen molar-refractivity contribution in [1.82, 2.24) is 13.7 Å². The quantitative estimate of drug-likeness (QED) is 0.561. The molecule has 10 heteroatoms. The number of nitro groups is 1. The molecule has 0 aliphatic heterocycles. The number of benzene rings is 1. The van der Waals surface area contributed by atoms with Crippen molar-refractivity contribution in [3.8, 4) is 0 Å². The summed E-state index contributed by atoms with van der Waals surface area (Å²) in [7, 11) is 0. The van der Waals surface area contributed by atoms with Crippen LogP contribution in [0.1, 0.15) is 0 Å². The number of anilines is 3. The molecule has 0 unspecified atom stereocenters. The zero-order valence-electron chi connectivity index (χ0n) is 10.3. The zero-order chi connectivity index (χ0) is 15.0. The van der Waals surface area contributed by atoms with Crippen LogP contribution in [0, 0.1) is 10.1 Å². The maximum absolute atomic E-state index is 10.7. The molecule has 8 nitrogen and oxygen atoms in total. The van der Waals surface area contributed by atoms with Gasteiger partial charge in [0, 0.05) is 6.07 Å². The molecule has 0 saturated carbocycles. The van der Waals surface area contributed by atoms with Crippen LogP contribution in [0.4, 0.5) is 23.0 Å². The van der Waals surface area contributed by atoms with Crippen LogP contribution in [0.2, 0.25) is 5.02 Å². The van der Waals surface area contributed by atoms with E-state index in [4.69, 9.17) is 17.3 Å². The molecule has 0 aliphatic carbocycles. The first-order valence-electron chi connectivity index (χ1n) is 5.65. The Morgan fingerprint density at radius 1 is 1.29 bits per heavy atom. The molecule has 21 heavy (non-hydrogen) atoms. The highest BCUT2D eigenvalue weighted by atomic mass is 35.5. The van der Waals surface area contributed by atoms with Crippen molar-refractivity contribution in [2.75, 3.05) is 11.1 Å². The molecule has 1 aromatic carbocycles. The minimum Gasteiger partial charge on any atom is -0.378 e. The average Bonchev–Trinajstić information content (AvgIpc) is 2.90. The number of nitrogens with zero attached hydrogens (tertiary/aromatic N) is 4.